The number of amides is 2. The van der Waals surface area contributed by atoms with Crippen molar-refractivity contribution in [1.82, 2.24) is 10.2 Å². The molecule has 0 spiro atoms. The van der Waals surface area contributed by atoms with Crippen LogP contribution in [-0.4, -0.2) is 42.2 Å². The van der Waals surface area contributed by atoms with E-state index in [9.17, 15) is 9.59 Å². The molecule has 3 aromatic rings. The number of hydrogen-bond donors (Lipinski definition) is 1. The molecule has 1 atom stereocenters. The van der Waals surface area contributed by atoms with Crippen LogP contribution in [0.5, 0.6) is 5.75 Å². The van der Waals surface area contributed by atoms with Crippen LogP contribution in [0.2, 0.25) is 10.0 Å². The van der Waals surface area contributed by atoms with Crippen LogP contribution in [-0.2, 0) is 28.3 Å². The van der Waals surface area contributed by atoms with Crippen LogP contribution in [0.1, 0.15) is 30.5 Å². The summed E-state index contributed by atoms with van der Waals surface area (Å²) in [6, 6.07) is 22.2. The second kappa shape index (κ2) is 15.1. The number of carbonyl (C=O) groups is 2. The third-order valence-corrected chi connectivity index (χ3v) is 7.65. The molecule has 1 unspecified atom stereocenters. The molecule has 0 heterocycles. The van der Waals surface area contributed by atoms with E-state index in [0.717, 1.165) is 16.7 Å². The number of nitrogens with one attached hydrogen (secondary N) is 1. The monoisotopic (exact) mass is 572 g/mol. The fraction of sp³-hybridized carbons (Fsp3) is 0.333. The van der Waals surface area contributed by atoms with Gasteiger partial charge < -0.3 is 15.0 Å². The van der Waals surface area contributed by atoms with Crippen molar-refractivity contribution < 1.29 is 14.3 Å². The Bertz CT molecular complexity index is 1210. The number of thioether (sulfide) groups is 1. The summed E-state index contributed by atoms with van der Waals surface area (Å²) in [4.78, 5) is 28.9. The molecule has 1 N–H and O–H groups in total. The molecule has 3 rings (SSSR count). The summed E-state index contributed by atoms with van der Waals surface area (Å²) in [5.74, 6) is 1.53. The quantitative estimate of drug-likeness (QED) is 0.249. The molecule has 0 saturated heterocycles. The van der Waals surface area contributed by atoms with E-state index in [4.69, 9.17) is 27.9 Å². The summed E-state index contributed by atoms with van der Waals surface area (Å²) in [7, 11) is 1.61. The molecule has 0 aromatic heterocycles. The second-order valence-electron chi connectivity index (χ2n) is 9.46. The van der Waals surface area contributed by atoms with Crippen molar-refractivity contribution in [3.05, 3.63) is 99.5 Å². The minimum absolute atomic E-state index is 0.112. The molecule has 5 nitrogen and oxygen atoms in total. The van der Waals surface area contributed by atoms with Gasteiger partial charge in [0.05, 0.1) is 22.9 Å². The van der Waals surface area contributed by atoms with Gasteiger partial charge in [0.15, 0.2) is 0 Å². The molecule has 0 fully saturated rings. The molecule has 2 amide bonds. The Kier molecular flexibility index (Phi) is 11.8. The van der Waals surface area contributed by atoms with Crippen LogP contribution in [0.15, 0.2) is 72.8 Å². The molecule has 202 valence electrons. The van der Waals surface area contributed by atoms with Crippen LogP contribution in [0, 0.1) is 5.92 Å². The normalized spacial score (nSPS) is 11.7. The number of carbonyl (C=O) groups excluding carboxylic acids is 2. The average Bonchev–Trinajstić information content (AvgIpc) is 2.91. The largest absolute Gasteiger partial charge is 0.497 e. The van der Waals surface area contributed by atoms with Crippen molar-refractivity contribution in [1.29, 1.82) is 0 Å². The smallest absolute Gasteiger partial charge is 0.243 e. The topological polar surface area (TPSA) is 58.6 Å². The van der Waals surface area contributed by atoms with Gasteiger partial charge in [-0.3, -0.25) is 9.59 Å². The van der Waals surface area contributed by atoms with Crippen LogP contribution in [0.25, 0.3) is 0 Å². The van der Waals surface area contributed by atoms with Gasteiger partial charge in [-0.15, -0.1) is 11.8 Å². The third kappa shape index (κ3) is 9.26. The molecule has 0 aliphatic carbocycles. The maximum Gasteiger partial charge on any atom is 0.243 e. The Morgan fingerprint density at radius 2 is 1.66 bits per heavy atom. The summed E-state index contributed by atoms with van der Waals surface area (Å²) in [5.41, 5.74) is 2.86. The summed E-state index contributed by atoms with van der Waals surface area (Å²) < 4.78 is 5.39. The second-order valence-corrected chi connectivity index (χ2v) is 11.3. The highest BCUT2D eigenvalue weighted by molar-refractivity contribution is 7.99. The summed E-state index contributed by atoms with van der Waals surface area (Å²) >= 11 is 13.7. The maximum atomic E-state index is 13.7. The molecule has 0 aliphatic rings. The van der Waals surface area contributed by atoms with E-state index in [1.165, 1.54) is 11.8 Å². The first-order chi connectivity index (χ1) is 18.3. The zero-order valence-electron chi connectivity index (χ0n) is 22.0. The Morgan fingerprint density at radius 3 is 2.34 bits per heavy atom. The Labute approximate surface area is 239 Å². The summed E-state index contributed by atoms with van der Waals surface area (Å²) in [5, 5.41) is 4.03. The zero-order valence-corrected chi connectivity index (χ0v) is 24.3. The van der Waals surface area contributed by atoms with Crippen molar-refractivity contribution in [2.24, 2.45) is 5.92 Å². The van der Waals surface area contributed by atoms with Gasteiger partial charge >= 0.3 is 0 Å². The van der Waals surface area contributed by atoms with E-state index in [0.29, 0.717) is 40.4 Å². The lowest BCUT2D eigenvalue weighted by molar-refractivity contribution is -0.139. The lowest BCUT2D eigenvalue weighted by atomic mass is 10.0. The van der Waals surface area contributed by atoms with Gasteiger partial charge in [0.2, 0.25) is 11.8 Å². The van der Waals surface area contributed by atoms with E-state index in [1.807, 2.05) is 80.6 Å². The number of halogens is 2. The van der Waals surface area contributed by atoms with Gasteiger partial charge in [-0.05, 0) is 46.9 Å². The van der Waals surface area contributed by atoms with Crippen LogP contribution in [0.3, 0.4) is 0 Å². The number of nitrogens with zero attached hydrogens (tertiary/aromatic N) is 1. The van der Waals surface area contributed by atoms with Gasteiger partial charge in [0.25, 0.3) is 0 Å². The molecule has 0 aliphatic heterocycles. The lowest BCUT2D eigenvalue weighted by Gasteiger charge is -2.32. The van der Waals surface area contributed by atoms with Crippen LogP contribution in [0.4, 0.5) is 0 Å². The van der Waals surface area contributed by atoms with Crippen molar-refractivity contribution >= 4 is 46.8 Å². The number of ether oxygens (including phenoxy) is 1. The highest BCUT2D eigenvalue weighted by atomic mass is 35.5. The van der Waals surface area contributed by atoms with E-state index < -0.39 is 6.04 Å². The molecule has 0 bridgehead atoms. The summed E-state index contributed by atoms with van der Waals surface area (Å²) in [6.45, 7) is 4.92. The van der Waals surface area contributed by atoms with Gasteiger partial charge in [-0.25, -0.2) is 0 Å². The first kappa shape index (κ1) is 29.9. The minimum atomic E-state index is -0.666. The number of rotatable bonds is 13. The highest BCUT2D eigenvalue weighted by Gasteiger charge is 2.30. The third-order valence-electron chi connectivity index (χ3n) is 5.92. The van der Waals surface area contributed by atoms with Crippen LogP contribution >= 0.6 is 35.0 Å². The van der Waals surface area contributed by atoms with Gasteiger partial charge in [-0.2, -0.15) is 0 Å². The molecule has 0 saturated carbocycles. The number of hydrogen-bond acceptors (Lipinski definition) is 4. The van der Waals surface area contributed by atoms with Gasteiger partial charge in [-0.1, -0.05) is 85.6 Å². The van der Waals surface area contributed by atoms with Crippen molar-refractivity contribution in [3.8, 4) is 5.75 Å². The van der Waals surface area contributed by atoms with Crippen molar-refractivity contribution in [2.75, 3.05) is 19.4 Å². The fourth-order valence-electron chi connectivity index (χ4n) is 3.91. The van der Waals surface area contributed by atoms with Gasteiger partial charge in [0, 0.05) is 25.3 Å². The highest BCUT2D eigenvalue weighted by Crippen LogP contribution is 2.25. The van der Waals surface area contributed by atoms with Crippen molar-refractivity contribution in [2.45, 2.75) is 38.6 Å². The number of methoxy groups -OCH3 is 1. The van der Waals surface area contributed by atoms with E-state index in [-0.39, 0.29) is 24.1 Å². The Morgan fingerprint density at radius 1 is 0.921 bits per heavy atom. The molecular formula is C30H34Cl2N2O3S. The lowest BCUT2D eigenvalue weighted by Crippen LogP contribution is -2.51. The predicted molar refractivity (Wildman–Crippen MR) is 158 cm³/mol. The molecule has 38 heavy (non-hydrogen) atoms. The van der Waals surface area contributed by atoms with Gasteiger partial charge in [0.1, 0.15) is 11.8 Å². The first-order valence-corrected chi connectivity index (χ1v) is 14.4. The fourth-order valence-corrected chi connectivity index (χ4v) is 5.09. The first-order valence-electron chi connectivity index (χ1n) is 12.5. The average molecular weight is 574 g/mol. The SMILES string of the molecule is COc1cccc(CN(C(=O)CSCc2ccc(Cl)c(Cl)c2)C(Cc2ccccc2)C(=O)NCC(C)C)c1. The Balaban J connectivity index is 1.86. The van der Waals surface area contributed by atoms with E-state index in [1.54, 1.807) is 18.1 Å². The van der Waals surface area contributed by atoms with Crippen LogP contribution < -0.4 is 10.1 Å². The predicted octanol–water partition coefficient (Wildman–Crippen LogP) is 6.65. The minimum Gasteiger partial charge on any atom is -0.497 e. The van der Waals surface area contributed by atoms with Crippen molar-refractivity contribution in [3.63, 3.8) is 0 Å². The zero-order chi connectivity index (χ0) is 27.5. The molecule has 0 radical (unpaired) electrons. The number of benzene rings is 3. The summed E-state index contributed by atoms with van der Waals surface area (Å²) in [6.07, 6.45) is 0.415. The van der Waals surface area contributed by atoms with E-state index >= 15 is 0 Å². The molecule has 3 aromatic carbocycles. The maximum absolute atomic E-state index is 13.7. The standard InChI is InChI=1S/C30H34Cl2N2O3S/c1-21(2)17-33-30(36)28(16-22-8-5-4-6-9-22)34(18-23-10-7-11-25(14-23)37-3)29(35)20-38-19-24-12-13-26(31)27(32)15-24/h4-15,21,28H,16-20H2,1-3H3,(H,33,36). The van der Waals surface area contributed by atoms with E-state index in [2.05, 4.69) is 5.32 Å². The molecular weight excluding hydrogens is 539 g/mol. The molecule has 8 heteroatoms. The Hall–Kier alpha value is -2.67.